The Hall–Kier alpha value is -3.52. The molecule has 2 N–H and O–H groups in total. The van der Waals surface area contributed by atoms with E-state index in [0.29, 0.717) is 29.3 Å². The number of hydrogen-bond donors (Lipinski definition) is 2. The van der Waals surface area contributed by atoms with Gasteiger partial charge >= 0.3 is 0 Å². The van der Waals surface area contributed by atoms with Crippen LogP contribution in [0.25, 0.3) is 0 Å². The van der Waals surface area contributed by atoms with Gasteiger partial charge < -0.3 is 14.8 Å². The Kier molecular flexibility index (Phi) is 7.60. The number of carbonyl (C=O) groups is 1. The molecule has 3 aromatic carbocycles. The van der Waals surface area contributed by atoms with Gasteiger partial charge in [0.05, 0.1) is 12.0 Å². The molecule has 3 aromatic rings. The monoisotopic (exact) mass is 468 g/mol. The van der Waals surface area contributed by atoms with Gasteiger partial charge in [0.1, 0.15) is 0 Å². The summed E-state index contributed by atoms with van der Waals surface area (Å²) >= 11 is 0. The smallest absolute Gasteiger partial charge is 0.265 e. The lowest BCUT2D eigenvalue weighted by molar-refractivity contribution is -0.122. The zero-order valence-corrected chi connectivity index (χ0v) is 19.9. The predicted octanol–water partition coefficient (Wildman–Crippen LogP) is 4.91. The first-order valence-electron chi connectivity index (χ1n) is 10.5. The van der Waals surface area contributed by atoms with Crippen LogP contribution in [0.4, 0.5) is 11.4 Å². The molecule has 0 heterocycles. The van der Waals surface area contributed by atoms with Crippen LogP contribution >= 0.6 is 0 Å². The Morgan fingerprint density at radius 2 is 1.55 bits per heavy atom. The third-order valence-corrected chi connectivity index (χ3v) is 6.59. The fourth-order valence-corrected chi connectivity index (χ4v) is 4.20. The van der Waals surface area contributed by atoms with Crippen LogP contribution < -0.4 is 19.5 Å². The number of aryl methyl sites for hydroxylation is 2. The van der Waals surface area contributed by atoms with Crippen molar-refractivity contribution in [2.24, 2.45) is 0 Å². The number of nitrogens with one attached hydrogen (secondary N) is 2. The van der Waals surface area contributed by atoms with Crippen molar-refractivity contribution >= 4 is 27.3 Å². The number of anilines is 2. The molecule has 0 aliphatic carbocycles. The first-order valence-corrected chi connectivity index (χ1v) is 12.0. The molecule has 1 atom stereocenters. The van der Waals surface area contributed by atoms with Crippen molar-refractivity contribution in [3.8, 4) is 11.5 Å². The van der Waals surface area contributed by atoms with Crippen molar-refractivity contribution in [2.45, 2.75) is 38.2 Å². The SMILES string of the molecule is CC[C@@H](Oc1ccccc1OC)C(=O)Nc1ccc(S(=O)(=O)Nc2ccc(C)c(C)c2)cc1. The van der Waals surface area contributed by atoms with E-state index in [1.807, 2.05) is 32.9 Å². The van der Waals surface area contributed by atoms with Crippen LogP contribution in [0, 0.1) is 13.8 Å². The number of rotatable bonds is 9. The van der Waals surface area contributed by atoms with Gasteiger partial charge in [-0.25, -0.2) is 8.42 Å². The Balaban J connectivity index is 1.68. The van der Waals surface area contributed by atoms with Gasteiger partial charge in [0.25, 0.3) is 15.9 Å². The maximum Gasteiger partial charge on any atom is 0.265 e. The highest BCUT2D eigenvalue weighted by Gasteiger charge is 2.21. The normalized spacial score (nSPS) is 12.0. The number of ether oxygens (including phenoxy) is 2. The number of para-hydroxylation sites is 2. The highest BCUT2D eigenvalue weighted by atomic mass is 32.2. The number of methoxy groups -OCH3 is 1. The van der Waals surface area contributed by atoms with Gasteiger partial charge in [-0.15, -0.1) is 0 Å². The minimum atomic E-state index is -3.76. The Morgan fingerprint density at radius 3 is 2.15 bits per heavy atom. The van der Waals surface area contributed by atoms with Gasteiger partial charge in [0.2, 0.25) is 0 Å². The van der Waals surface area contributed by atoms with E-state index >= 15 is 0 Å². The average Bonchev–Trinajstić information content (AvgIpc) is 2.80. The standard InChI is InChI=1S/C25H28N2O5S/c1-5-22(32-24-9-7-6-8-23(24)31-4)25(28)26-19-12-14-21(15-13-19)33(29,30)27-20-11-10-17(2)18(3)16-20/h6-16,22,27H,5H2,1-4H3,(H,26,28)/t22-/m1/s1. The second kappa shape index (κ2) is 10.4. The van der Waals surface area contributed by atoms with Gasteiger partial charge in [-0.1, -0.05) is 25.1 Å². The summed E-state index contributed by atoms with van der Waals surface area (Å²) in [7, 11) is -2.22. The zero-order valence-electron chi connectivity index (χ0n) is 19.1. The number of amides is 1. The molecule has 1 amide bonds. The van der Waals surface area contributed by atoms with Crippen molar-refractivity contribution in [2.75, 3.05) is 17.1 Å². The van der Waals surface area contributed by atoms with E-state index < -0.39 is 16.1 Å². The summed E-state index contributed by atoms with van der Waals surface area (Å²) in [6, 6.07) is 18.5. The lowest BCUT2D eigenvalue weighted by Crippen LogP contribution is -2.32. The molecular weight excluding hydrogens is 440 g/mol. The number of hydrogen-bond acceptors (Lipinski definition) is 5. The third-order valence-electron chi connectivity index (χ3n) is 5.19. The maximum absolute atomic E-state index is 12.7. The van der Waals surface area contributed by atoms with E-state index in [4.69, 9.17) is 9.47 Å². The molecule has 0 unspecified atom stereocenters. The van der Waals surface area contributed by atoms with Gasteiger partial charge in [-0.3, -0.25) is 9.52 Å². The summed E-state index contributed by atoms with van der Waals surface area (Å²) < 4.78 is 39.1. The van der Waals surface area contributed by atoms with Gasteiger partial charge in [0.15, 0.2) is 17.6 Å². The molecule has 0 radical (unpaired) electrons. The minimum Gasteiger partial charge on any atom is -0.493 e. The molecular formula is C25H28N2O5S. The van der Waals surface area contributed by atoms with E-state index in [1.54, 1.807) is 42.5 Å². The Morgan fingerprint density at radius 1 is 0.909 bits per heavy atom. The Labute approximate surface area is 194 Å². The predicted molar refractivity (Wildman–Crippen MR) is 129 cm³/mol. The second-order valence-electron chi connectivity index (χ2n) is 7.58. The molecule has 0 spiro atoms. The number of benzene rings is 3. The lowest BCUT2D eigenvalue weighted by atomic mass is 10.1. The van der Waals surface area contributed by atoms with Gasteiger partial charge in [-0.2, -0.15) is 0 Å². The highest BCUT2D eigenvalue weighted by molar-refractivity contribution is 7.92. The topological polar surface area (TPSA) is 93.7 Å². The van der Waals surface area contributed by atoms with Crippen LogP contribution in [0.2, 0.25) is 0 Å². The second-order valence-corrected chi connectivity index (χ2v) is 9.27. The van der Waals surface area contributed by atoms with E-state index in [0.717, 1.165) is 11.1 Å². The van der Waals surface area contributed by atoms with E-state index in [-0.39, 0.29) is 10.8 Å². The summed E-state index contributed by atoms with van der Waals surface area (Å²) in [5.74, 6) is 0.669. The van der Waals surface area contributed by atoms with Crippen LogP contribution in [0.5, 0.6) is 11.5 Å². The molecule has 174 valence electrons. The van der Waals surface area contributed by atoms with Crippen LogP contribution in [-0.2, 0) is 14.8 Å². The molecule has 0 saturated carbocycles. The molecule has 33 heavy (non-hydrogen) atoms. The third kappa shape index (κ3) is 6.04. The summed E-state index contributed by atoms with van der Waals surface area (Å²) in [6.45, 7) is 5.73. The summed E-state index contributed by atoms with van der Waals surface area (Å²) in [5, 5.41) is 2.77. The van der Waals surface area contributed by atoms with Crippen LogP contribution in [0.15, 0.2) is 71.6 Å². The lowest BCUT2D eigenvalue weighted by Gasteiger charge is -2.19. The molecule has 0 fully saturated rings. The molecule has 0 aliphatic heterocycles. The molecule has 0 bridgehead atoms. The van der Waals surface area contributed by atoms with Crippen molar-refractivity contribution in [1.82, 2.24) is 0 Å². The first-order chi connectivity index (χ1) is 15.7. The number of sulfonamides is 1. The van der Waals surface area contributed by atoms with E-state index in [9.17, 15) is 13.2 Å². The van der Waals surface area contributed by atoms with Crippen LogP contribution in [0.3, 0.4) is 0 Å². The minimum absolute atomic E-state index is 0.0936. The largest absolute Gasteiger partial charge is 0.493 e. The van der Waals surface area contributed by atoms with Crippen molar-refractivity contribution in [1.29, 1.82) is 0 Å². The molecule has 8 heteroatoms. The maximum atomic E-state index is 12.7. The zero-order chi connectivity index (χ0) is 24.0. The van der Waals surface area contributed by atoms with E-state index in [2.05, 4.69) is 10.0 Å². The summed E-state index contributed by atoms with van der Waals surface area (Å²) in [4.78, 5) is 12.8. The van der Waals surface area contributed by atoms with Gasteiger partial charge in [0, 0.05) is 11.4 Å². The molecule has 7 nitrogen and oxygen atoms in total. The van der Waals surface area contributed by atoms with Crippen molar-refractivity contribution in [3.63, 3.8) is 0 Å². The number of carbonyl (C=O) groups excluding carboxylic acids is 1. The van der Waals surface area contributed by atoms with Crippen LogP contribution in [0.1, 0.15) is 24.5 Å². The first kappa shape index (κ1) is 24.1. The molecule has 3 rings (SSSR count). The highest BCUT2D eigenvalue weighted by Crippen LogP contribution is 2.28. The fourth-order valence-electron chi connectivity index (χ4n) is 3.15. The molecule has 0 aromatic heterocycles. The van der Waals surface area contributed by atoms with Crippen molar-refractivity contribution < 1.29 is 22.7 Å². The van der Waals surface area contributed by atoms with Crippen molar-refractivity contribution in [3.05, 3.63) is 77.9 Å². The summed E-state index contributed by atoms with van der Waals surface area (Å²) in [5.41, 5.74) is 3.04. The Bertz CT molecular complexity index is 1220. The fraction of sp³-hybridized carbons (Fsp3) is 0.240. The van der Waals surface area contributed by atoms with E-state index in [1.165, 1.54) is 19.2 Å². The summed E-state index contributed by atoms with van der Waals surface area (Å²) in [6.07, 6.45) is -0.299. The molecule has 0 saturated heterocycles. The quantitative estimate of drug-likeness (QED) is 0.465. The molecule has 0 aliphatic rings. The van der Waals surface area contributed by atoms with Gasteiger partial charge in [-0.05, 0) is 79.9 Å². The van der Waals surface area contributed by atoms with Crippen LogP contribution in [-0.4, -0.2) is 27.5 Å². The average molecular weight is 469 g/mol.